The highest BCUT2D eigenvalue weighted by Gasteiger charge is 2.11. The first kappa shape index (κ1) is 11.2. The number of aromatic nitrogens is 3. The zero-order valence-corrected chi connectivity index (χ0v) is 11.3. The van der Waals surface area contributed by atoms with Crippen LogP contribution in [0.2, 0.25) is 0 Å². The number of hydrogen-bond acceptors (Lipinski definition) is 3. The molecule has 3 rings (SSSR count). The van der Waals surface area contributed by atoms with Gasteiger partial charge in [0.2, 0.25) is 0 Å². The van der Waals surface area contributed by atoms with E-state index in [-0.39, 0.29) is 0 Å². The lowest BCUT2D eigenvalue weighted by molar-refractivity contribution is 1.11. The number of aryl methyl sites for hydroxylation is 1. The van der Waals surface area contributed by atoms with Crippen LogP contribution in [-0.4, -0.2) is 14.6 Å². The summed E-state index contributed by atoms with van der Waals surface area (Å²) in [6.07, 6.45) is 1.94. The third-order valence-electron chi connectivity index (χ3n) is 2.92. The van der Waals surface area contributed by atoms with Gasteiger partial charge >= 0.3 is 0 Å². The molecule has 0 atom stereocenters. The average Bonchev–Trinajstić information content (AvgIpc) is 2.78. The Morgan fingerprint density at radius 3 is 2.83 bits per heavy atom. The highest BCUT2D eigenvalue weighted by Crippen LogP contribution is 2.24. The number of anilines is 1. The molecular weight excluding hydrogens is 292 g/mol. The Bertz CT molecular complexity index is 733. The van der Waals surface area contributed by atoms with Crippen LogP contribution in [0.3, 0.4) is 0 Å². The molecule has 0 unspecified atom stereocenters. The van der Waals surface area contributed by atoms with E-state index in [0.717, 1.165) is 21.4 Å². The Hall–Kier alpha value is -1.88. The van der Waals surface area contributed by atoms with Gasteiger partial charge in [0, 0.05) is 16.2 Å². The van der Waals surface area contributed by atoms with Gasteiger partial charge in [-0.3, -0.25) is 4.40 Å². The molecule has 0 aliphatic carbocycles. The van der Waals surface area contributed by atoms with Crippen LogP contribution in [-0.2, 0) is 0 Å². The van der Waals surface area contributed by atoms with Crippen molar-refractivity contribution in [3.8, 4) is 11.4 Å². The molecule has 3 aromatic rings. The first-order valence-corrected chi connectivity index (χ1v) is 6.32. The number of nitrogens with two attached hydrogens (primary N) is 1. The van der Waals surface area contributed by atoms with Gasteiger partial charge in [-0.05, 0) is 30.7 Å². The highest BCUT2D eigenvalue weighted by molar-refractivity contribution is 9.10. The van der Waals surface area contributed by atoms with Crippen molar-refractivity contribution >= 4 is 27.3 Å². The van der Waals surface area contributed by atoms with Gasteiger partial charge in [0.25, 0.3) is 0 Å². The second kappa shape index (κ2) is 4.10. The van der Waals surface area contributed by atoms with Crippen molar-refractivity contribution in [1.82, 2.24) is 14.6 Å². The Kier molecular flexibility index (Phi) is 2.56. The minimum Gasteiger partial charge on any atom is -0.395 e. The third kappa shape index (κ3) is 1.67. The fourth-order valence-corrected chi connectivity index (χ4v) is 2.29. The van der Waals surface area contributed by atoms with Gasteiger partial charge in [0.1, 0.15) is 0 Å². The molecule has 0 bridgehead atoms. The van der Waals surface area contributed by atoms with Crippen LogP contribution in [0, 0.1) is 6.92 Å². The fraction of sp³-hybridized carbons (Fsp3) is 0.0769. The van der Waals surface area contributed by atoms with E-state index in [1.54, 1.807) is 0 Å². The minimum absolute atomic E-state index is 0.672. The molecule has 0 aliphatic rings. The predicted octanol–water partition coefficient (Wildman–Crippen LogP) is 3.05. The van der Waals surface area contributed by atoms with Crippen LogP contribution in [0.1, 0.15) is 5.56 Å². The van der Waals surface area contributed by atoms with Gasteiger partial charge in [-0.1, -0.05) is 28.1 Å². The number of rotatable bonds is 1. The summed E-state index contributed by atoms with van der Waals surface area (Å²) < 4.78 is 2.92. The molecule has 4 nitrogen and oxygen atoms in total. The zero-order chi connectivity index (χ0) is 12.7. The molecule has 0 radical (unpaired) electrons. The van der Waals surface area contributed by atoms with Gasteiger partial charge in [-0.15, -0.1) is 10.2 Å². The van der Waals surface area contributed by atoms with E-state index >= 15 is 0 Å². The highest BCUT2D eigenvalue weighted by atomic mass is 79.9. The number of hydrogen-bond donors (Lipinski definition) is 1. The molecule has 0 fully saturated rings. The van der Waals surface area contributed by atoms with Crippen molar-refractivity contribution in [3.05, 3.63) is 46.6 Å². The number of nitrogens with zero attached hydrogens (tertiary/aromatic N) is 3. The molecule has 0 saturated heterocycles. The topological polar surface area (TPSA) is 56.2 Å². The van der Waals surface area contributed by atoms with E-state index in [0.29, 0.717) is 11.3 Å². The Balaban J connectivity index is 2.28. The summed E-state index contributed by atoms with van der Waals surface area (Å²) in [5, 5.41) is 8.38. The van der Waals surface area contributed by atoms with E-state index in [1.807, 2.05) is 47.9 Å². The van der Waals surface area contributed by atoms with Crippen molar-refractivity contribution in [3.63, 3.8) is 0 Å². The van der Waals surface area contributed by atoms with Gasteiger partial charge < -0.3 is 5.73 Å². The standard InChI is InChI=1S/C13H11BrN4/c1-8-5-6-18-12(16-17-13(18)11(8)15)9-3-2-4-10(14)7-9/h2-7H,15H2,1H3. The van der Waals surface area contributed by atoms with Crippen LogP contribution in [0.25, 0.3) is 17.0 Å². The Morgan fingerprint density at radius 2 is 2.06 bits per heavy atom. The maximum atomic E-state index is 6.01. The molecule has 5 heteroatoms. The number of halogens is 1. The summed E-state index contributed by atoms with van der Waals surface area (Å²) in [7, 11) is 0. The van der Waals surface area contributed by atoms with Crippen molar-refractivity contribution in [2.75, 3.05) is 5.73 Å². The quantitative estimate of drug-likeness (QED) is 0.751. The Labute approximate surface area is 113 Å². The predicted molar refractivity (Wildman–Crippen MR) is 75.3 cm³/mol. The molecule has 2 N–H and O–H groups in total. The lowest BCUT2D eigenvalue weighted by Gasteiger charge is -2.03. The molecule has 2 aromatic heterocycles. The van der Waals surface area contributed by atoms with Crippen molar-refractivity contribution in [1.29, 1.82) is 0 Å². The molecule has 0 aliphatic heterocycles. The smallest absolute Gasteiger partial charge is 0.184 e. The summed E-state index contributed by atoms with van der Waals surface area (Å²) in [4.78, 5) is 0. The fourth-order valence-electron chi connectivity index (χ4n) is 1.89. The first-order chi connectivity index (χ1) is 8.66. The average molecular weight is 303 g/mol. The molecule has 1 aromatic carbocycles. The monoisotopic (exact) mass is 302 g/mol. The van der Waals surface area contributed by atoms with E-state index in [4.69, 9.17) is 5.73 Å². The zero-order valence-electron chi connectivity index (χ0n) is 9.76. The van der Waals surface area contributed by atoms with Crippen LogP contribution in [0.5, 0.6) is 0 Å². The van der Waals surface area contributed by atoms with Crippen LogP contribution >= 0.6 is 15.9 Å². The minimum atomic E-state index is 0.672. The van der Waals surface area contributed by atoms with E-state index < -0.39 is 0 Å². The maximum Gasteiger partial charge on any atom is 0.184 e. The second-order valence-electron chi connectivity index (χ2n) is 4.14. The SMILES string of the molecule is Cc1ccn2c(-c3cccc(Br)c3)nnc2c1N. The molecule has 0 amide bonds. The van der Waals surface area contributed by atoms with Gasteiger partial charge in [0.15, 0.2) is 11.5 Å². The lowest BCUT2D eigenvalue weighted by Crippen LogP contribution is -1.96. The first-order valence-electron chi connectivity index (χ1n) is 5.52. The summed E-state index contributed by atoms with van der Waals surface area (Å²) >= 11 is 3.46. The van der Waals surface area contributed by atoms with Gasteiger partial charge in [-0.25, -0.2) is 0 Å². The third-order valence-corrected chi connectivity index (χ3v) is 3.41. The van der Waals surface area contributed by atoms with Crippen LogP contribution < -0.4 is 5.73 Å². The normalized spacial score (nSPS) is 11.0. The Morgan fingerprint density at radius 1 is 1.22 bits per heavy atom. The van der Waals surface area contributed by atoms with Crippen LogP contribution in [0.4, 0.5) is 5.69 Å². The number of benzene rings is 1. The van der Waals surface area contributed by atoms with E-state index in [1.165, 1.54) is 0 Å². The van der Waals surface area contributed by atoms with Gasteiger partial charge in [-0.2, -0.15) is 0 Å². The lowest BCUT2D eigenvalue weighted by atomic mass is 10.2. The van der Waals surface area contributed by atoms with Crippen molar-refractivity contribution in [2.45, 2.75) is 6.92 Å². The number of fused-ring (bicyclic) bond motifs is 1. The van der Waals surface area contributed by atoms with E-state index in [2.05, 4.69) is 26.1 Å². The van der Waals surface area contributed by atoms with Gasteiger partial charge in [0.05, 0.1) is 5.69 Å². The summed E-state index contributed by atoms with van der Waals surface area (Å²) in [5.74, 6) is 0.790. The molecule has 18 heavy (non-hydrogen) atoms. The second-order valence-corrected chi connectivity index (χ2v) is 5.06. The number of pyridine rings is 1. The summed E-state index contributed by atoms with van der Waals surface area (Å²) in [5.41, 5.74) is 9.39. The molecule has 0 spiro atoms. The van der Waals surface area contributed by atoms with Crippen molar-refractivity contribution in [2.24, 2.45) is 0 Å². The maximum absolute atomic E-state index is 6.01. The number of nitrogen functional groups attached to an aromatic ring is 1. The summed E-state index contributed by atoms with van der Waals surface area (Å²) in [6.45, 7) is 1.96. The molecular formula is C13H11BrN4. The molecule has 90 valence electrons. The molecule has 2 heterocycles. The van der Waals surface area contributed by atoms with Crippen molar-refractivity contribution < 1.29 is 0 Å². The largest absolute Gasteiger partial charge is 0.395 e. The van der Waals surface area contributed by atoms with Crippen LogP contribution in [0.15, 0.2) is 41.0 Å². The van der Waals surface area contributed by atoms with E-state index in [9.17, 15) is 0 Å². The summed E-state index contributed by atoms with van der Waals surface area (Å²) in [6, 6.07) is 9.92. The molecule has 0 saturated carbocycles.